The third kappa shape index (κ3) is 3.59. The predicted octanol–water partition coefficient (Wildman–Crippen LogP) is -0.613. The average molecular weight is 211 g/mol. The summed E-state index contributed by atoms with van der Waals surface area (Å²) >= 11 is 0. The number of amides is 1. The van der Waals surface area contributed by atoms with Gasteiger partial charge in [-0.1, -0.05) is 0 Å². The normalized spacial score (nSPS) is 9.60. The van der Waals surface area contributed by atoms with Crippen molar-refractivity contribution in [2.24, 2.45) is 0 Å². The number of aromatic hydroxyl groups is 1. The van der Waals surface area contributed by atoms with Crippen LogP contribution < -0.4 is 5.32 Å². The summed E-state index contributed by atoms with van der Waals surface area (Å²) in [6, 6.07) is 2.51. The predicted molar refractivity (Wildman–Crippen MR) is 48.3 cm³/mol. The summed E-state index contributed by atoms with van der Waals surface area (Å²) in [6.45, 7) is 0.0245. The molecule has 0 saturated heterocycles. The number of nitrogens with zero attached hydrogens (tertiary/aromatic N) is 2. The zero-order chi connectivity index (χ0) is 11.3. The van der Waals surface area contributed by atoms with Crippen molar-refractivity contribution < 1.29 is 19.8 Å². The van der Waals surface area contributed by atoms with Crippen LogP contribution in [0.25, 0.3) is 0 Å². The molecule has 0 fully saturated rings. The second-order valence-corrected chi connectivity index (χ2v) is 2.68. The molecule has 0 bridgehead atoms. The first-order valence-corrected chi connectivity index (χ1v) is 4.12. The van der Waals surface area contributed by atoms with Crippen LogP contribution in [0.4, 0.5) is 0 Å². The fourth-order valence-electron chi connectivity index (χ4n) is 0.820. The lowest BCUT2D eigenvalue weighted by atomic mass is 10.3. The number of hydrogen-bond donors (Lipinski definition) is 3. The first kappa shape index (κ1) is 10.9. The first-order chi connectivity index (χ1) is 7.09. The van der Waals surface area contributed by atoms with Gasteiger partial charge in [0.15, 0.2) is 5.69 Å². The number of carbonyl (C=O) groups excluding carboxylic acids is 1. The van der Waals surface area contributed by atoms with E-state index < -0.39 is 11.9 Å². The third-order valence-electron chi connectivity index (χ3n) is 1.51. The lowest BCUT2D eigenvalue weighted by Gasteiger charge is -2.01. The van der Waals surface area contributed by atoms with Crippen LogP contribution in [-0.4, -0.2) is 38.8 Å². The Balaban J connectivity index is 2.47. The molecular weight excluding hydrogens is 202 g/mol. The van der Waals surface area contributed by atoms with E-state index in [0.717, 1.165) is 0 Å². The van der Waals surface area contributed by atoms with E-state index in [2.05, 4.69) is 15.5 Å². The monoisotopic (exact) mass is 211 g/mol. The highest BCUT2D eigenvalue weighted by Gasteiger charge is 2.07. The van der Waals surface area contributed by atoms with Crippen LogP contribution in [0, 0.1) is 0 Å². The summed E-state index contributed by atoms with van der Waals surface area (Å²) in [7, 11) is 0. The Hall–Kier alpha value is -2.18. The molecule has 15 heavy (non-hydrogen) atoms. The van der Waals surface area contributed by atoms with Crippen LogP contribution in [0.15, 0.2) is 12.1 Å². The van der Waals surface area contributed by atoms with E-state index in [1.807, 2.05) is 0 Å². The smallest absolute Gasteiger partial charge is 0.305 e. The molecule has 1 aromatic rings. The quantitative estimate of drug-likeness (QED) is 0.612. The zero-order valence-corrected chi connectivity index (χ0v) is 7.67. The van der Waals surface area contributed by atoms with Crippen LogP contribution in [0.2, 0.25) is 0 Å². The molecule has 1 amide bonds. The number of hydrogen-bond acceptors (Lipinski definition) is 5. The molecular formula is C8H9N3O4. The number of nitrogens with one attached hydrogen (secondary N) is 1. The summed E-state index contributed by atoms with van der Waals surface area (Å²) in [5.74, 6) is -1.80. The number of carboxylic acids is 1. The van der Waals surface area contributed by atoms with Gasteiger partial charge in [-0.3, -0.25) is 9.59 Å². The number of aliphatic carboxylic acids is 1. The zero-order valence-electron chi connectivity index (χ0n) is 7.67. The molecule has 0 saturated carbocycles. The summed E-state index contributed by atoms with van der Waals surface area (Å²) < 4.78 is 0. The molecule has 0 aliphatic carbocycles. The van der Waals surface area contributed by atoms with Crippen molar-refractivity contribution in [2.75, 3.05) is 6.54 Å². The Bertz CT molecular complexity index is 363. The molecule has 0 spiro atoms. The van der Waals surface area contributed by atoms with Crippen molar-refractivity contribution >= 4 is 11.9 Å². The minimum Gasteiger partial charge on any atom is -0.492 e. The van der Waals surface area contributed by atoms with Crippen molar-refractivity contribution in [2.45, 2.75) is 6.42 Å². The van der Waals surface area contributed by atoms with Gasteiger partial charge in [-0.25, -0.2) is 0 Å². The van der Waals surface area contributed by atoms with Gasteiger partial charge >= 0.3 is 5.97 Å². The summed E-state index contributed by atoms with van der Waals surface area (Å²) in [6.07, 6.45) is -0.156. The molecule has 7 heteroatoms. The second-order valence-electron chi connectivity index (χ2n) is 2.68. The molecule has 80 valence electrons. The highest BCUT2D eigenvalue weighted by molar-refractivity contribution is 5.92. The average Bonchev–Trinajstić information content (AvgIpc) is 2.18. The Morgan fingerprint density at radius 2 is 2.07 bits per heavy atom. The standard InChI is InChI=1S/C8H9N3O4/c12-6-2-1-5(10-11-6)8(15)9-4-3-7(13)14/h1-2H,3-4H2,(H,9,15)(H,11,12)(H,13,14). The van der Waals surface area contributed by atoms with Gasteiger partial charge in [-0.05, 0) is 6.07 Å². The summed E-state index contributed by atoms with van der Waals surface area (Å²) in [5.41, 5.74) is 0.0261. The van der Waals surface area contributed by atoms with E-state index in [0.29, 0.717) is 0 Å². The van der Waals surface area contributed by atoms with Crippen LogP contribution >= 0.6 is 0 Å². The van der Waals surface area contributed by atoms with Gasteiger partial charge in [0.25, 0.3) is 5.91 Å². The summed E-state index contributed by atoms with van der Waals surface area (Å²) in [5, 5.41) is 26.2. The lowest BCUT2D eigenvalue weighted by molar-refractivity contribution is -0.136. The van der Waals surface area contributed by atoms with Crippen LogP contribution in [0.1, 0.15) is 16.9 Å². The van der Waals surface area contributed by atoms with E-state index in [1.165, 1.54) is 12.1 Å². The minimum atomic E-state index is -0.993. The molecule has 1 aromatic heterocycles. The molecule has 0 atom stereocenters. The van der Waals surface area contributed by atoms with Crippen molar-refractivity contribution in [3.63, 3.8) is 0 Å². The molecule has 0 aliphatic rings. The molecule has 7 nitrogen and oxygen atoms in total. The molecule has 1 rings (SSSR count). The van der Waals surface area contributed by atoms with Gasteiger partial charge in [-0.15, -0.1) is 10.2 Å². The number of rotatable bonds is 4. The maximum absolute atomic E-state index is 11.2. The second kappa shape index (κ2) is 4.89. The van der Waals surface area contributed by atoms with Gasteiger partial charge in [0, 0.05) is 12.6 Å². The number of carboxylic acid groups (broad SMARTS) is 1. The van der Waals surface area contributed by atoms with Crippen molar-refractivity contribution in [1.82, 2.24) is 15.5 Å². The Labute approximate surface area is 84.8 Å². The molecule has 0 radical (unpaired) electrons. The van der Waals surface area contributed by atoms with Crippen molar-refractivity contribution in [3.8, 4) is 5.88 Å². The SMILES string of the molecule is O=C(O)CCNC(=O)c1ccc(O)nn1. The van der Waals surface area contributed by atoms with Crippen molar-refractivity contribution in [1.29, 1.82) is 0 Å². The third-order valence-corrected chi connectivity index (χ3v) is 1.51. The van der Waals surface area contributed by atoms with E-state index in [4.69, 9.17) is 10.2 Å². The van der Waals surface area contributed by atoms with E-state index in [1.54, 1.807) is 0 Å². The Kier molecular flexibility index (Phi) is 3.55. The van der Waals surface area contributed by atoms with Gasteiger partial charge in [0.05, 0.1) is 6.42 Å². The van der Waals surface area contributed by atoms with Crippen LogP contribution in [0.5, 0.6) is 5.88 Å². The van der Waals surface area contributed by atoms with Gasteiger partial charge in [0.1, 0.15) is 0 Å². The van der Waals surface area contributed by atoms with Crippen molar-refractivity contribution in [3.05, 3.63) is 17.8 Å². The van der Waals surface area contributed by atoms with E-state index in [-0.39, 0.29) is 24.5 Å². The maximum Gasteiger partial charge on any atom is 0.305 e. The Morgan fingerprint density at radius 3 is 2.60 bits per heavy atom. The highest BCUT2D eigenvalue weighted by atomic mass is 16.4. The van der Waals surface area contributed by atoms with Gasteiger partial charge in [-0.2, -0.15) is 0 Å². The van der Waals surface area contributed by atoms with Gasteiger partial charge in [0.2, 0.25) is 5.88 Å². The topological polar surface area (TPSA) is 112 Å². The fraction of sp³-hybridized carbons (Fsp3) is 0.250. The molecule has 1 heterocycles. The highest BCUT2D eigenvalue weighted by Crippen LogP contribution is 2.00. The number of aromatic nitrogens is 2. The molecule has 0 unspecified atom stereocenters. The van der Waals surface area contributed by atoms with Gasteiger partial charge < -0.3 is 15.5 Å². The number of carbonyl (C=O) groups is 2. The largest absolute Gasteiger partial charge is 0.492 e. The molecule has 0 aromatic carbocycles. The summed E-state index contributed by atoms with van der Waals surface area (Å²) in [4.78, 5) is 21.4. The van der Waals surface area contributed by atoms with E-state index in [9.17, 15) is 9.59 Å². The lowest BCUT2D eigenvalue weighted by Crippen LogP contribution is -2.26. The van der Waals surface area contributed by atoms with Crippen LogP contribution in [0.3, 0.4) is 0 Å². The maximum atomic E-state index is 11.2. The molecule has 0 aliphatic heterocycles. The Morgan fingerprint density at radius 1 is 1.33 bits per heavy atom. The minimum absolute atomic E-state index is 0.0245. The molecule has 3 N–H and O–H groups in total. The first-order valence-electron chi connectivity index (χ1n) is 4.12. The van der Waals surface area contributed by atoms with E-state index >= 15 is 0 Å². The fourth-order valence-corrected chi connectivity index (χ4v) is 0.820. The van der Waals surface area contributed by atoms with Crippen LogP contribution in [-0.2, 0) is 4.79 Å².